The fraction of sp³-hybridized carbons (Fsp3) is 0.588. The van der Waals surface area contributed by atoms with Gasteiger partial charge in [0.2, 0.25) is 11.8 Å². The lowest BCUT2D eigenvalue weighted by Gasteiger charge is -2.26. The molecule has 0 spiro atoms. The first-order chi connectivity index (χ1) is 21.8. The van der Waals surface area contributed by atoms with E-state index >= 15 is 0 Å². The normalized spacial score (nSPS) is 27.0. The van der Waals surface area contributed by atoms with Crippen molar-refractivity contribution in [2.45, 2.75) is 88.3 Å². The van der Waals surface area contributed by atoms with Crippen LogP contribution in [0.15, 0.2) is 48.5 Å². The maximum absolute atomic E-state index is 13.6. The highest BCUT2D eigenvalue weighted by molar-refractivity contribution is 8.15. The number of alkyl halides is 3. The molecule has 2 fully saturated rings. The lowest BCUT2D eigenvalue weighted by Crippen LogP contribution is -2.45. The van der Waals surface area contributed by atoms with Crippen LogP contribution in [-0.2, 0) is 20.5 Å². The second kappa shape index (κ2) is 15.1. The Kier molecular flexibility index (Phi) is 11.7. The summed E-state index contributed by atoms with van der Waals surface area (Å²) in [6.07, 6.45) is 2.38. The molecule has 46 heavy (non-hydrogen) atoms. The van der Waals surface area contributed by atoms with Crippen LogP contribution in [0.3, 0.4) is 0 Å². The number of rotatable bonds is 14. The number of benzene rings is 1. The van der Waals surface area contributed by atoms with Gasteiger partial charge in [0, 0.05) is 35.9 Å². The van der Waals surface area contributed by atoms with Crippen molar-refractivity contribution in [3.8, 4) is 0 Å². The van der Waals surface area contributed by atoms with Crippen molar-refractivity contribution in [1.29, 1.82) is 0 Å². The van der Waals surface area contributed by atoms with Crippen molar-refractivity contribution < 1.29 is 32.3 Å². The van der Waals surface area contributed by atoms with Gasteiger partial charge in [-0.3, -0.25) is 19.9 Å². The highest BCUT2D eigenvalue weighted by atomic mass is 32.2. The van der Waals surface area contributed by atoms with Gasteiger partial charge in [0.1, 0.15) is 11.1 Å². The van der Waals surface area contributed by atoms with Crippen LogP contribution in [0.2, 0.25) is 0 Å². The van der Waals surface area contributed by atoms with E-state index in [1.807, 2.05) is 26.0 Å². The molecule has 2 N–H and O–H groups in total. The predicted octanol–water partition coefficient (Wildman–Crippen LogP) is 7.21. The molecule has 1 aliphatic heterocycles. The van der Waals surface area contributed by atoms with Crippen molar-refractivity contribution in [2.24, 2.45) is 22.7 Å². The van der Waals surface area contributed by atoms with Crippen LogP contribution >= 0.6 is 11.8 Å². The summed E-state index contributed by atoms with van der Waals surface area (Å²) in [6, 6.07) is 3.17. The number of unbranched alkanes of at least 4 members (excludes halogenated alkanes) is 2. The third-order valence-electron chi connectivity index (χ3n) is 9.38. The maximum atomic E-state index is 13.6. The zero-order valence-corrected chi connectivity index (χ0v) is 27.6. The standard InChI is InChI=1S/C34H45F3N4O4S/c1-6-10-11-12-15-41(5)31(43)27-18-23(17-26(27)29(42)40-33(9-4)19-21(33)7-2)45-32(44)39-28-16-22(34(35,36)37)13-14-25(28)30-38-20-24(8-3)46-30/h6-7,13-14,16,21,23-24,26-27H,1-2,8-12,15,17-20H2,3-5H3,(H,39,44)(H,40,42)/t21-,23-,24?,26-,27-,33-/m1/s1. The number of hydrogen-bond donors (Lipinski definition) is 2. The first kappa shape index (κ1) is 35.6. The summed E-state index contributed by atoms with van der Waals surface area (Å²) in [5.41, 5.74) is -0.982. The lowest BCUT2D eigenvalue weighted by atomic mass is 9.93. The molecule has 1 unspecified atom stereocenters. The van der Waals surface area contributed by atoms with E-state index in [0.29, 0.717) is 30.1 Å². The maximum Gasteiger partial charge on any atom is 0.416 e. The number of carbonyl (C=O) groups excluding carboxylic acids is 3. The first-order valence-corrected chi connectivity index (χ1v) is 16.9. The van der Waals surface area contributed by atoms with E-state index in [1.54, 1.807) is 11.9 Å². The van der Waals surface area contributed by atoms with E-state index in [4.69, 9.17) is 4.74 Å². The first-order valence-electron chi connectivity index (χ1n) is 16.1. The summed E-state index contributed by atoms with van der Waals surface area (Å²) in [4.78, 5) is 46.6. The second-order valence-electron chi connectivity index (χ2n) is 12.5. The van der Waals surface area contributed by atoms with Crippen molar-refractivity contribution >= 4 is 40.4 Å². The van der Waals surface area contributed by atoms with Gasteiger partial charge in [-0.05, 0) is 69.6 Å². The zero-order chi connectivity index (χ0) is 33.6. The number of aliphatic imine (C=N–C) groups is 1. The number of hydrogen-bond acceptors (Lipinski definition) is 6. The average Bonchev–Trinajstić information content (AvgIpc) is 3.30. The van der Waals surface area contributed by atoms with Crippen molar-refractivity contribution in [1.82, 2.24) is 10.2 Å². The molecule has 1 heterocycles. The van der Waals surface area contributed by atoms with Crippen LogP contribution in [-0.4, -0.2) is 64.9 Å². The van der Waals surface area contributed by atoms with Gasteiger partial charge in [-0.25, -0.2) is 4.79 Å². The number of halogens is 3. The van der Waals surface area contributed by atoms with Crippen LogP contribution in [0.4, 0.5) is 23.7 Å². The molecule has 2 saturated carbocycles. The summed E-state index contributed by atoms with van der Waals surface area (Å²) in [7, 11) is 1.70. The van der Waals surface area contributed by atoms with E-state index in [-0.39, 0.29) is 41.5 Å². The Morgan fingerprint density at radius 1 is 1.17 bits per heavy atom. The number of thioether (sulfide) groups is 1. The molecule has 3 aliphatic rings. The smallest absolute Gasteiger partial charge is 0.416 e. The van der Waals surface area contributed by atoms with Crippen LogP contribution in [0.25, 0.3) is 0 Å². The van der Waals surface area contributed by atoms with Gasteiger partial charge in [-0.15, -0.1) is 24.9 Å². The molecule has 4 rings (SSSR count). The molecule has 0 bridgehead atoms. The van der Waals surface area contributed by atoms with Crippen LogP contribution < -0.4 is 10.6 Å². The van der Waals surface area contributed by atoms with Crippen LogP contribution in [0.1, 0.15) is 76.3 Å². The Labute approximate surface area is 273 Å². The van der Waals surface area contributed by atoms with Gasteiger partial charge >= 0.3 is 12.3 Å². The minimum absolute atomic E-state index is 0.0592. The SMILES string of the molecule is C=CCCCCN(C)C(=O)[C@@H]1C[C@H](OC(=O)Nc2cc(C(F)(F)F)ccc2C2=NCC(CC)S2)C[C@H]1C(=O)N[C@]1(CC)C[C@H]1C=C. The number of nitrogens with zero attached hydrogens (tertiary/aromatic N) is 2. The van der Waals surface area contributed by atoms with Gasteiger partial charge < -0.3 is 15.0 Å². The Balaban J connectivity index is 1.50. The third-order valence-corrected chi connectivity index (χ3v) is 10.8. The van der Waals surface area contributed by atoms with Gasteiger partial charge in [0.05, 0.1) is 29.6 Å². The summed E-state index contributed by atoms with van der Waals surface area (Å²) >= 11 is 1.46. The third kappa shape index (κ3) is 8.35. The molecule has 8 nitrogen and oxygen atoms in total. The van der Waals surface area contributed by atoms with Gasteiger partial charge in [0.15, 0.2) is 0 Å². The van der Waals surface area contributed by atoms with Gasteiger partial charge in [-0.1, -0.05) is 26.0 Å². The second-order valence-corrected chi connectivity index (χ2v) is 13.8. The van der Waals surface area contributed by atoms with Crippen molar-refractivity contribution in [2.75, 3.05) is 25.5 Å². The minimum atomic E-state index is -4.62. The Hall–Kier alpha value is -3.28. The summed E-state index contributed by atoms with van der Waals surface area (Å²) in [6.45, 7) is 12.6. The summed E-state index contributed by atoms with van der Waals surface area (Å²) in [5.74, 6) is -1.75. The molecule has 252 valence electrons. The molecule has 3 amide bonds. The Bertz CT molecular complexity index is 1350. The van der Waals surface area contributed by atoms with Gasteiger partial charge in [0.25, 0.3) is 0 Å². The van der Waals surface area contributed by atoms with Gasteiger partial charge in [-0.2, -0.15) is 13.2 Å². The topological polar surface area (TPSA) is 100 Å². The zero-order valence-electron chi connectivity index (χ0n) is 26.8. The van der Waals surface area contributed by atoms with E-state index in [1.165, 1.54) is 17.8 Å². The lowest BCUT2D eigenvalue weighted by molar-refractivity contribution is -0.140. The Morgan fingerprint density at radius 2 is 1.91 bits per heavy atom. The van der Waals surface area contributed by atoms with Crippen molar-refractivity contribution in [3.05, 3.63) is 54.6 Å². The quantitative estimate of drug-likeness (QED) is 0.162. The molecule has 1 aromatic rings. The molecule has 0 saturated heterocycles. The fourth-order valence-corrected chi connectivity index (χ4v) is 7.47. The molecule has 6 atom stereocenters. The Morgan fingerprint density at radius 3 is 2.52 bits per heavy atom. The highest BCUT2D eigenvalue weighted by Crippen LogP contribution is 2.48. The average molecular weight is 663 g/mol. The summed E-state index contributed by atoms with van der Waals surface area (Å²) < 4.78 is 46.5. The van der Waals surface area contributed by atoms with E-state index in [9.17, 15) is 27.6 Å². The van der Waals surface area contributed by atoms with E-state index in [2.05, 4.69) is 28.8 Å². The number of ether oxygens (including phenoxy) is 1. The monoisotopic (exact) mass is 662 g/mol. The molecule has 0 aromatic heterocycles. The minimum Gasteiger partial charge on any atom is -0.446 e. The largest absolute Gasteiger partial charge is 0.446 e. The van der Waals surface area contributed by atoms with Crippen LogP contribution in [0, 0.1) is 17.8 Å². The fourth-order valence-electron chi connectivity index (χ4n) is 6.38. The number of amides is 3. The van der Waals surface area contributed by atoms with E-state index < -0.39 is 41.3 Å². The molecule has 12 heteroatoms. The molecular weight excluding hydrogens is 617 g/mol. The predicted molar refractivity (Wildman–Crippen MR) is 176 cm³/mol. The molecular formula is C34H45F3N4O4S. The van der Waals surface area contributed by atoms with Crippen molar-refractivity contribution in [3.63, 3.8) is 0 Å². The highest BCUT2D eigenvalue weighted by Gasteiger charge is 2.54. The van der Waals surface area contributed by atoms with Crippen LogP contribution in [0.5, 0.6) is 0 Å². The number of nitrogens with one attached hydrogen (secondary N) is 2. The number of allylic oxidation sites excluding steroid dienone is 1. The van der Waals surface area contributed by atoms with E-state index in [0.717, 1.165) is 44.2 Å². The summed E-state index contributed by atoms with van der Waals surface area (Å²) in [5, 5.41) is 6.43. The molecule has 2 aliphatic carbocycles. The molecule has 1 aromatic carbocycles. The number of carbonyl (C=O) groups is 3. The number of anilines is 1. The molecule has 0 radical (unpaired) electrons.